The molecule has 1 aromatic heterocycles. The minimum atomic E-state index is -0.972. The van der Waals surface area contributed by atoms with E-state index in [1.807, 2.05) is 30.3 Å². The van der Waals surface area contributed by atoms with E-state index < -0.39 is 18.0 Å². The molecule has 0 aliphatic heterocycles. The molecular weight excluding hydrogens is 290 g/mol. The summed E-state index contributed by atoms with van der Waals surface area (Å²) in [7, 11) is 0. The molecule has 6 nitrogen and oxygen atoms in total. The number of benzene rings is 1. The second-order valence-electron chi connectivity index (χ2n) is 4.33. The van der Waals surface area contributed by atoms with Gasteiger partial charge in [-0.3, -0.25) is 4.79 Å². The summed E-state index contributed by atoms with van der Waals surface area (Å²) >= 11 is 1.29. The van der Waals surface area contributed by atoms with Gasteiger partial charge in [0.1, 0.15) is 0 Å². The number of ether oxygens (including phenoxy) is 1. The van der Waals surface area contributed by atoms with Crippen LogP contribution >= 0.6 is 11.3 Å². The first kappa shape index (κ1) is 15.0. The molecule has 1 amide bonds. The van der Waals surface area contributed by atoms with Crippen molar-refractivity contribution in [3.8, 4) is 0 Å². The Kier molecular flexibility index (Phi) is 4.89. The van der Waals surface area contributed by atoms with Crippen molar-refractivity contribution in [2.24, 2.45) is 5.73 Å². The van der Waals surface area contributed by atoms with Crippen LogP contribution in [0.1, 0.15) is 23.0 Å². The maximum atomic E-state index is 11.7. The lowest BCUT2D eigenvalue weighted by molar-refractivity contribution is -0.125. The monoisotopic (exact) mass is 305 g/mol. The normalized spacial score (nSPS) is 11.7. The van der Waals surface area contributed by atoms with Gasteiger partial charge in [-0.15, -0.1) is 11.3 Å². The number of amides is 1. The average Bonchev–Trinajstić information content (AvgIpc) is 2.95. The van der Waals surface area contributed by atoms with Gasteiger partial charge in [0.25, 0.3) is 5.91 Å². The summed E-state index contributed by atoms with van der Waals surface area (Å²) in [4.78, 5) is 26.7. The standard InChI is InChI=1S/C14H15N3O3S/c1-9(12(15)18)20-13(19)11-8-21-14(17-11)16-7-10-5-3-2-4-6-10/h2-6,8-9H,7H2,1H3,(H2,15,18)(H,16,17)/t9-/m0/s1. The Morgan fingerprint density at radius 2 is 2.10 bits per heavy atom. The maximum Gasteiger partial charge on any atom is 0.358 e. The fourth-order valence-electron chi connectivity index (χ4n) is 1.50. The molecule has 21 heavy (non-hydrogen) atoms. The zero-order valence-electron chi connectivity index (χ0n) is 11.4. The summed E-state index contributed by atoms with van der Waals surface area (Å²) < 4.78 is 4.88. The fraction of sp³-hybridized carbons (Fsp3) is 0.214. The van der Waals surface area contributed by atoms with Crippen LogP contribution in [-0.4, -0.2) is 23.0 Å². The van der Waals surface area contributed by atoms with Crippen LogP contribution in [0.3, 0.4) is 0 Å². The Hall–Kier alpha value is -2.41. The molecule has 2 aromatic rings. The van der Waals surface area contributed by atoms with E-state index >= 15 is 0 Å². The predicted molar refractivity (Wildman–Crippen MR) is 80.0 cm³/mol. The van der Waals surface area contributed by atoms with Crippen molar-refractivity contribution in [3.05, 3.63) is 47.0 Å². The number of rotatable bonds is 6. The number of aromatic nitrogens is 1. The minimum Gasteiger partial charge on any atom is -0.448 e. The Morgan fingerprint density at radius 1 is 1.38 bits per heavy atom. The second kappa shape index (κ2) is 6.85. The summed E-state index contributed by atoms with van der Waals surface area (Å²) in [6.07, 6.45) is -0.972. The summed E-state index contributed by atoms with van der Waals surface area (Å²) in [5, 5.41) is 5.30. The van der Waals surface area contributed by atoms with Gasteiger partial charge in [0.2, 0.25) is 0 Å². The predicted octanol–water partition coefficient (Wildman–Crippen LogP) is 1.79. The molecule has 1 aromatic carbocycles. The van der Waals surface area contributed by atoms with Crippen LogP contribution in [0.25, 0.3) is 0 Å². The average molecular weight is 305 g/mol. The van der Waals surface area contributed by atoms with Crippen LogP contribution in [0.2, 0.25) is 0 Å². The number of hydrogen-bond donors (Lipinski definition) is 2. The number of carbonyl (C=O) groups excluding carboxylic acids is 2. The van der Waals surface area contributed by atoms with Crippen LogP contribution in [-0.2, 0) is 16.1 Å². The van der Waals surface area contributed by atoms with Gasteiger partial charge in [-0.1, -0.05) is 30.3 Å². The quantitative estimate of drug-likeness (QED) is 0.793. The molecule has 0 saturated carbocycles. The van der Waals surface area contributed by atoms with E-state index in [1.54, 1.807) is 5.38 Å². The molecule has 0 bridgehead atoms. The molecule has 0 aliphatic carbocycles. The van der Waals surface area contributed by atoms with Crippen LogP contribution in [0.15, 0.2) is 35.7 Å². The van der Waals surface area contributed by atoms with E-state index in [2.05, 4.69) is 10.3 Å². The number of nitrogens with zero attached hydrogens (tertiary/aromatic N) is 1. The number of esters is 1. The number of carbonyl (C=O) groups is 2. The molecule has 0 radical (unpaired) electrons. The highest BCUT2D eigenvalue weighted by molar-refractivity contribution is 7.13. The third-order valence-corrected chi connectivity index (χ3v) is 3.48. The zero-order valence-corrected chi connectivity index (χ0v) is 12.2. The van der Waals surface area contributed by atoms with Crippen molar-refractivity contribution in [1.82, 2.24) is 4.98 Å². The molecule has 0 fully saturated rings. The molecule has 3 N–H and O–H groups in total. The second-order valence-corrected chi connectivity index (χ2v) is 5.19. The first-order chi connectivity index (χ1) is 10.1. The van der Waals surface area contributed by atoms with Crippen molar-refractivity contribution in [2.75, 3.05) is 5.32 Å². The number of nitrogens with one attached hydrogen (secondary N) is 1. The summed E-state index contributed by atoms with van der Waals surface area (Å²) in [6.45, 7) is 2.03. The van der Waals surface area contributed by atoms with E-state index in [4.69, 9.17) is 10.5 Å². The number of nitrogens with two attached hydrogens (primary N) is 1. The maximum absolute atomic E-state index is 11.7. The Balaban J connectivity index is 1.92. The number of anilines is 1. The van der Waals surface area contributed by atoms with E-state index in [9.17, 15) is 9.59 Å². The molecule has 1 atom stereocenters. The van der Waals surface area contributed by atoms with Gasteiger partial charge in [0.15, 0.2) is 16.9 Å². The van der Waals surface area contributed by atoms with Gasteiger partial charge in [-0.25, -0.2) is 9.78 Å². The molecule has 0 saturated heterocycles. The molecular formula is C14H15N3O3S. The molecule has 0 spiro atoms. The number of thiazole rings is 1. The Labute approximate surface area is 125 Å². The van der Waals surface area contributed by atoms with Crippen molar-refractivity contribution >= 4 is 28.3 Å². The van der Waals surface area contributed by atoms with Crippen molar-refractivity contribution < 1.29 is 14.3 Å². The van der Waals surface area contributed by atoms with Gasteiger partial charge in [-0.05, 0) is 12.5 Å². The summed E-state index contributed by atoms with van der Waals surface area (Å²) in [5.74, 6) is -1.36. The summed E-state index contributed by atoms with van der Waals surface area (Å²) in [5.41, 5.74) is 6.30. The first-order valence-electron chi connectivity index (χ1n) is 6.30. The van der Waals surface area contributed by atoms with E-state index in [1.165, 1.54) is 18.3 Å². The molecule has 0 aliphatic rings. The lowest BCUT2D eigenvalue weighted by atomic mass is 10.2. The van der Waals surface area contributed by atoms with Crippen molar-refractivity contribution in [2.45, 2.75) is 19.6 Å². The van der Waals surface area contributed by atoms with Gasteiger partial charge in [0, 0.05) is 11.9 Å². The lowest BCUT2D eigenvalue weighted by Gasteiger charge is -2.07. The third kappa shape index (κ3) is 4.28. The Morgan fingerprint density at radius 3 is 2.76 bits per heavy atom. The van der Waals surface area contributed by atoms with Crippen molar-refractivity contribution in [1.29, 1.82) is 0 Å². The summed E-state index contributed by atoms with van der Waals surface area (Å²) in [6, 6.07) is 9.83. The smallest absolute Gasteiger partial charge is 0.358 e. The number of hydrogen-bond acceptors (Lipinski definition) is 6. The van der Waals surface area contributed by atoms with Gasteiger partial charge in [-0.2, -0.15) is 0 Å². The largest absolute Gasteiger partial charge is 0.448 e. The topological polar surface area (TPSA) is 94.3 Å². The van der Waals surface area contributed by atoms with E-state index in [0.717, 1.165) is 5.56 Å². The first-order valence-corrected chi connectivity index (χ1v) is 7.18. The third-order valence-electron chi connectivity index (χ3n) is 2.68. The molecule has 1 heterocycles. The molecule has 2 rings (SSSR count). The highest BCUT2D eigenvalue weighted by atomic mass is 32.1. The van der Waals surface area contributed by atoms with Gasteiger partial charge >= 0.3 is 5.97 Å². The molecule has 0 unspecified atom stereocenters. The van der Waals surface area contributed by atoms with Crippen LogP contribution in [0.4, 0.5) is 5.13 Å². The molecule has 110 valence electrons. The highest BCUT2D eigenvalue weighted by Gasteiger charge is 2.18. The zero-order chi connectivity index (χ0) is 15.2. The van der Waals surface area contributed by atoms with Crippen LogP contribution < -0.4 is 11.1 Å². The molecule has 7 heteroatoms. The fourth-order valence-corrected chi connectivity index (χ4v) is 2.18. The van der Waals surface area contributed by atoms with Gasteiger partial charge < -0.3 is 15.8 Å². The van der Waals surface area contributed by atoms with E-state index in [-0.39, 0.29) is 5.69 Å². The van der Waals surface area contributed by atoms with Crippen LogP contribution in [0.5, 0.6) is 0 Å². The van der Waals surface area contributed by atoms with E-state index in [0.29, 0.717) is 11.7 Å². The highest BCUT2D eigenvalue weighted by Crippen LogP contribution is 2.17. The minimum absolute atomic E-state index is 0.156. The number of primary amides is 1. The SMILES string of the molecule is C[C@H](OC(=O)c1csc(NCc2ccccc2)n1)C(N)=O. The van der Waals surface area contributed by atoms with Gasteiger partial charge in [0.05, 0.1) is 0 Å². The Bertz CT molecular complexity index is 627. The van der Waals surface area contributed by atoms with Crippen LogP contribution in [0, 0.1) is 0 Å². The van der Waals surface area contributed by atoms with Crippen molar-refractivity contribution in [3.63, 3.8) is 0 Å². The lowest BCUT2D eigenvalue weighted by Crippen LogP contribution is -2.30.